The van der Waals surface area contributed by atoms with Crippen LogP contribution in [0.15, 0.2) is 48.5 Å². The van der Waals surface area contributed by atoms with E-state index in [9.17, 15) is 14.9 Å². The Morgan fingerprint density at radius 1 is 1.23 bits per heavy atom. The average molecular weight is 444 g/mol. The van der Waals surface area contributed by atoms with Gasteiger partial charge in [0.15, 0.2) is 16.6 Å². The van der Waals surface area contributed by atoms with E-state index in [0.717, 1.165) is 18.4 Å². The van der Waals surface area contributed by atoms with Crippen molar-refractivity contribution in [3.63, 3.8) is 0 Å². The number of non-ortho nitro benzene ring substituents is 1. The number of hydrogen-bond donors (Lipinski definition) is 2. The second-order valence-corrected chi connectivity index (χ2v) is 6.95. The van der Waals surface area contributed by atoms with Crippen molar-refractivity contribution < 1.29 is 19.2 Å². The average Bonchev–Trinajstić information content (AvgIpc) is 2.77. The normalized spacial score (nSPS) is 10.5. The summed E-state index contributed by atoms with van der Waals surface area (Å²) in [6.45, 7) is 3.12. The Kier molecular flexibility index (Phi) is 9.44. The summed E-state index contributed by atoms with van der Waals surface area (Å²) in [4.78, 5) is 22.3. The molecule has 0 aliphatic heterocycles. The molecule has 0 saturated heterocycles. The molecule has 0 bridgehead atoms. The lowest BCUT2D eigenvalue weighted by Gasteiger charge is -2.13. The molecule has 2 rings (SSSR count). The van der Waals surface area contributed by atoms with E-state index in [4.69, 9.17) is 21.7 Å². The van der Waals surface area contributed by atoms with E-state index in [-0.39, 0.29) is 10.8 Å². The molecule has 0 heterocycles. The van der Waals surface area contributed by atoms with E-state index in [1.165, 1.54) is 24.3 Å². The number of methoxy groups -OCH3 is 1. The predicted molar refractivity (Wildman–Crippen MR) is 123 cm³/mol. The van der Waals surface area contributed by atoms with Crippen molar-refractivity contribution in [3.05, 3.63) is 69.8 Å². The van der Waals surface area contributed by atoms with Crippen molar-refractivity contribution in [1.29, 1.82) is 0 Å². The van der Waals surface area contributed by atoms with Crippen LogP contribution in [0.4, 0.5) is 5.69 Å². The number of benzene rings is 2. The van der Waals surface area contributed by atoms with Crippen LogP contribution in [0.5, 0.6) is 11.5 Å². The minimum atomic E-state index is -0.491. The number of nitro benzene ring substituents is 1. The monoisotopic (exact) mass is 443 g/mol. The van der Waals surface area contributed by atoms with Gasteiger partial charge >= 0.3 is 0 Å². The topological polar surface area (TPSA) is 103 Å². The van der Waals surface area contributed by atoms with Gasteiger partial charge in [-0.3, -0.25) is 20.2 Å². The van der Waals surface area contributed by atoms with Gasteiger partial charge in [-0.05, 0) is 48.0 Å². The predicted octanol–water partition coefficient (Wildman–Crippen LogP) is 3.99. The molecule has 164 valence electrons. The molecule has 0 fully saturated rings. The standard InChI is InChI=1S/C22H25N3O5S/c1-3-4-12-30-19-10-8-17(14-20(19)29-2)15-23-22(31)24-21(26)11-9-16-6-5-7-18(13-16)25(27)28/h5-11,13-14H,3-4,12,15H2,1-2H3,(H2,23,24,26,31)/b11-9+. The van der Waals surface area contributed by atoms with Crippen molar-refractivity contribution in [1.82, 2.24) is 10.6 Å². The fraction of sp³-hybridized carbons (Fsp3) is 0.273. The molecule has 2 aromatic rings. The van der Waals surface area contributed by atoms with Crippen molar-refractivity contribution in [2.45, 2.75) is 26.3 Å². The summed E-state index contributed by atoms with van der Waals surface area (Å²) in [5, 5.41) is 16.5. The second-order valence-electron chi connectivity index (χ2n) is 6.54. The van der Waals surface area contributed by atoms with E-state index in [1.54, 1.807) is 19.2 Å². The number of ether oxygens (including phenoxy) is 2. The molecular formula is C22H25N3O5S. The number of amides is 1. The lowest BCUT2D eigenvalue weighted by molar-refractivity contribution is -0.384. The summed E-state index contributed by atoms with van der Waals surface area (Å²) in [6, 6.07) is 11.6. The van der Waals surface area contributed by atoms with Crippen molar-refractivity contribution >= 4 is 35.0 Å². The molecule has 2 aromatic carbocycles. The number of nitrogens with zero attached hydrogens (tertiary/aromatic N) is 1. The molecule has 0 atom stereocenters. The molecule has 0 unspecified atom stereocenters. The molecule has 1 amide bonds. The summed E-state index contributed by atoms with van der Waals surface area (Å²) < 4.78 is 11.1. The van der Waals surface area contributed by atoms with Crippen molar-refractivity contribution in [3.8, 4) is 11.5 Å². The highest BCUT2D eigenvalue weighted by Gasteiger charge is 2.08. The smallest absolute Gasteiger partial charge is 0.270 e. The number of nitrogens with one attached hydrogen (secondary N) is 2. The van der Waals surface area contributed by atoms with Crippen LogP contribution in [0.2, 0.25) is 0 Å². The number of unbranched alkanes of at least 4 members (excludes halogenated alkanes) is 1. The Bertz CT molecular complexity index is 962. The first-order chi connectivity index (χ1) is 14.9. The maximum atomic E-state index is 12.0. The van der Waals surface area contributed by atoms with Crippen LogP contribution in [0.25, 0.3) is 6.08 Å². The van der Waals surface area contributed by atoms with Crippen LogP contribution in [0.1, 0.15) is 30.9 Å². The molecule has 0 radical (unpaired) electrons. The zero-order chi connectivity index (χ0) is 22.6. The van der Waals surface area contributed by atoms with E-state index in [1.807, 2.05) is 18.2 Å². The van der Waals surface area contributed by atoms with E-state index >= 15 is 0 Å². The van der Waals surface area contributed by atoms with Crippen molar-refractivity contribution in [2.24, 2.45) is 0 Å². The Labute approximate surface area is 186 Å². The van der Waals surface area contributed by atoms with Gasteiger partial charge in [0.1, 0.15) is 0 Å². The van der Waals surface area contributed by atoms with Crippen LogP contribution in [0.3, 0.4) is 0 Å². The summed E-state index contributed by atoms with van der Waals surface area (Å²) >= 11 is 5.15. The Morgan fingerprint density at radius 3 is 2.74 bits per heavy atom. The zero-order valence-corrected chi connectivity index (χ0v) is 18.2. The number of carbonyl (C=O) groups is 1. The van der Waals surface area contributed by atoms with Gasteiger partial charge in [0, 0.05) is 24.8 Å². The largest absolute Gasteiger partial charge is 0.493 e. The van der Waals surface area contributed by atoms with Crippen molar-refractivity contribution in [2.75, 3.05) is 13.7 Å². The second kappa shape index (κ2) is 12.3. The van der Waals surface area contributed by atoms with Gasteiger partial charge in [0.05, 0.1) is 18.6 Å². The SMILES string of the molecule is CCCCOc1ccc(CNC(=S)NC(=O)/C=C/c2cccc([N+](=O)[O-])c2)cc1OC. The first kappa shape index (κ1) is 23.8. The minimum Gasteiger partial charge on any atom is -0.493 e. The van der Waals surface area contributed by atoms with Gasteiger partial charge in [-0.1, -0.05) is 31.5 Å². The summed E-state index contributed by atoms with van der Waals surface area (Å²) in [5.41, 5.74) is 1.40. The number of rotatable bonds is 10. The highest BCUT2D eigenvalue weighted by Crippen LogP contribution is 2.28. The molecule has 31 heavy (non-hydrogen) atoms. The maximum Gasteiger partial charge on any atom is 0.270 e. The molecule has 0 saturated carbocycles. The molecule has 2 N–H and O–H groups in total. The van der Waals surface area contributed by atoms with Crippen LogP contribution in [-0.2, 0) is 11.3 Å². The highest BCUT2D eigenvalue weighted by atomic mass is 32.1. The Balaban J connectivity index is 1.86. The minimum absolute atomic E-state index is 0.0445. The molecule has 9 heteroatoms. The number of thiocarbonyl (C=S) groups is 1. The van der Waals surface area contributed by atoms with Gasteiger partial charge in [-0.25, -0.2) is 0 Å². The van der Waals surface area contributed by atoms with E-state index in [2.05, 4.69) is 17.6 Å². The third-order valence-electron chi connectivity index (χ3n) is 4.18. The third kappa shape index (κ3) is 8.06. The maximum absolute atomic E-state index is 12.0. The Hall–Kier alpha value is -3.46. The Morgan fingerprint density at radius 2 is 2.03 bits per heavy atom. The fourth-order valence-corrected chi connectivity index (χ4v) is 2.73. The first-order valence-corrected chi connectivity index (χ1v) is 10.1. The molecule has 8 nitrogen and oxygen atoms in total. The summed E-state index contributed by atoms with van der Waals surface area (Å²) in [5.74, 6) is 0.869. The molecule has 0 aromatic heterocycles. The fourth-order valence-electron chi connectivity index (χ4n) is 2.56. The molecule has 0 aliphatic carbocycles. The van der Waals surface area contributed by atoms with Gasteiger partial charge in [0.25, 0.3) is 5.69 Å². The highest BCUT2D eigenvalue weighted by molar-refractivity contribution is 7.80. The van der Waals surface area contributed by atoms with Gasteiger partial charge in [-0.15, -0.1) is 0 Å². The first-order valence-electron chi connectivity index (χ1n) is 9.74. The van der Waals surface area contributed by atoms with Gasteiger partial charge in [-0.2, -0.15) is 0 Å². The van der Waals surface area contributed by atoms with Crippen LogP contribution in [-0.4, -0.2) is 29.7 Å². The number of nitro groups is 1. The van der Waals surface area contributed by atoms with Crippen LogP contribution in [0, 0.1) is 10.1 Å². The summed E-state index contributed by atoms with van der Waals surface area (Å²) in [7, 11) is 1.58. The lowest BCUT2D eigenvalue weighted by Crippen LogP contribution is -2.37. The quantitative estimate of drug-likeness (QED) is 0.188. The van der Waals surface area contributed by atoms with E-state index < -0.39 is 10.8 Å². The molecular weight excluding hydrogens is 418 g/mol. The van der Waals surface area contributed by atoms with Crippen LogP contribution < -0.4 is 20.1 Å². The van der Waals surface area contributed by atoms with E-state index in [0.29, 0.717) is 30.2 Å². The third-order valence-corrected chi connectivity index (χ3v) is 4.43. The van der Waals surface area contributed by atoms with Gasteiger partial charge < -0.3 is 14.8 Å². The number of carbonyl (C=O) groups excluding carboxylic acids is 1. The lowest BCUT2D eigenvalue weighted by atomic mass is 10.2. The molecule has 0 aliphatic rings. The van der Waals surface area contributed by atoms with Gasteiger partial charge in [0.2, 0.25) is 5.91 Å². The van der Waals surface area contributed by atoms with Crippen LogP contribution >= 0.6 is 12.2 Å². The zero-order valence-electron chi connectivity index (χ0n) is 17.4. The summed E-state index contributed by atoms with van der Waals surface area (Å²) in [6.07, 6.45) is 4.76. The molecule has 0 spiro atoms. The number of hydrogen-bond acceptors (Lipinski definition) is 6.